The maximum absolute atomic E-state index is 12.5. The van der Waals surface area contributed by atoms with Crippen LogP contribution in [0.2, 0.25) is 0 Å². The molecule has 9 nitrogen and oxygen atoms in total. The fourth-order valence-corrected chi connectivity index (χ4v) is 3.09. The van der Waals surface area contributed by atoms with Gasteiger partial charge < -0.3 is 19.6 Å². The summed E-state index contributed by atoms with van der Waals surface area (Å²) in [5.74, 6) is -1.26. The molecule has 0 N–H and O–H groups in total. The van der Waals surface area contributed by atoms with Crippen LogP contribution in [0.4, 0.5) is 11.6 Å². The number of hydrogen-bond acceptors (Lipinski definition) is 7. The van der Waals surface area contributed by atoms with E-state index in [-0.39, 0.29) is 24.3 Å². The van der Waals surface area contributed by atoms with E-state index in [0.29, 0.717) is 0 Å². The van der Waals surface area contributed by atoms with Crippen molar-refractivity contribution >= 4 is 23.5 Å². The molecule has 1 saturated carbocycles. The van der Waals surface area contributed by atoms with Gasteiger partial charge in [-0.2, -0.15) is 0 Å². The molecule has 25 heavy (non-hydrogen) atoms. The lowest BCUT2D eigenvalue weighted by molar-refractivity contribution is -0.389. The van der Waals surface area contributed by atoms with Gasteiger partial charge in [-0.15, -0.1) is 0 Å². The zero-order valence-corrected chi connectivity index (χ0v) is 13.8. The molecule has 1 aliphatic carbocycles. The van der Waals surface area contributed by atoms with E-state index in [0.717, 1.165) is 37.0 Å². The Morgan fingerprint density at radius 1 is 1.40 bits per heavy atom. The first kappa shape index (κ1) is 17.1. The average Bonchev–Trinajstić information content (AvgIpc) is 2.61. The largest absolute Gasteiger partial charge is 0.477 e. The van der Waals surface area contributed by atoms with Crippen LogP contribution < -0.4 is 9.64 Å². The van der Waals surface area contributed by atoms with Gasteiger partial charge in [-0.25, -0.2) is 4.79 Å². The van der Waals surface area contributed by atoms with E-state index in [4.69, 9.17) is 9.47 Å². The van der Waals surface area contributed by atoms with Crippen molar-refractivity contribution in [1.82, 2.24) is 4.98 Å². The molecule has 0 aromatic carbocycles. The summed E-state index contributed by atoms with van der Waals surface area (Å²) >= 11 is 0. The van der Waals surface area contributed by atoms with Crippen LogP contribution in [0.15, 0.2) is 12.1 Å². The van der Waals surface area contributed by atoms with Crippen molar-refractivity contribution in [2.45, 2.75) is 51.2 Å². The number of rotatable bonds is 4. The summed E-state index contributed by atoms with van der Waals surface area (Å²) in [7, 11) is 0. The Hall–Kier alpha value is -2.71. The number of amides is 1. The highest BCUT2D eigenvalue weighted by Crippen LogP contribution is 2.33. The Kier molecular flexibility index (Phi) is 4.82. The number of hydrogen-bond donors (Lipinski definition) is 0. The summed E-state index contributed by atoms with van der Waals surface area (Å²) in [4.78, 5) is 40.0. The van der Waals surface area contributed by atoms with Gasteiger partial charge >= 0.3 is 11.8 Å². The number of pyridine rings is 1. The van der Waals surface area contributed by atoms with E-state index in [9.17, 15) is 19.7 Å². The maximum atomic E-state index is 12.5. The van der Waals surface area contributed by atoms with Crippen molar-refractivity contribution in [2.24, 2.45) is 0 Å². The lowest BCUT2D eigenvalue weighted by Gasteiger charge is -2.30. The highest BCUT2D eigenvalue weighted by Gasteiger charge is 2.39. The van der Waals surface area contributed by atoms with Crippen LogP contribution in [-0.4, -0.2) is 40.5 Å². The summed E-state index contributed by atoms with van der Waals surface area (Å²) in [5.41, 5.74) is 0. The molecule has 1 unspecified atom stereocenters. The van der Waals surface area contributed by atoms with E-state index in [1.165, 1.54) is 19.1 Å². The molecule has 0 bridgehead atoms. The highest BCUT2D eigenvalue weighted by molar-refractivity contribution is 6.01. The minimum absolute atomic E-state index is 0.0291. The van der Waals surface area contributed by atoms with Gasteiger partial charge in [-0.05, 0) is 48.6 Å². The molecule has 1 aromatic heterocycles. The number of carbonyl (C=O) groups is 2. The van der Waals surface area contributed by atoms with Gasteiger partial charge in [0.2, 0.25) is 0 Å². The molecule has 1 aliphatic heterocycles. The summed E-state index contributed by atoms with van der Waals surface area (Å²) < 4.78 is 10.8. The molecule has 0 saturated heterocycles. The third-order valence-electron chi connectivity index (χ3n) is 4.42. The van der Waals surface area contributed by atoms with Crippen molar-refractivity contribution in [3.8, 4) is 5.75 Å². The van der Waals surface area contributed by atoms with Gasteiger partial charge in [0.05, 0.1) is 0 Å². The fraction of sp³-hybridized carbons (Fsp3) is 0.562. The van der Waals surface area contributed by atoms with E-state index in [1.54, 1.807) is 0 Å². The predicted molar refractivity (Wildman–Crippen MR) is 86.3 cm³/mol. The molecule has 0 radical (unpaired) electrons. The van der Waals surface area contributed by atoms with Crippen LogP contribution in [0.5, 0.6) is 5.75 Å². The van der Waals surface area contributed by atoms with Gasteiger partial charge in [-0.3, -0.25) is 9.69 Å². The fourth-order valence-electron chi connectivity index (χ4n) is 3.09. The SMILES string of the molecule is CC(C(=O)OC1CCCCC1)N1C(=O)COc2ccc([N+](=O)[O-])nc21. The molecule has 3 rings (SSSR count). The van der Waals surface area contributed by atoms with Crippen molar-refractivity contribution in [1.29, 1.82) is 0 Å². The topological polar surface area (TPSA) is 112 Å². The van der Waals surface area contributed by atoms with Gasteiger partial charge in [0, 0.05) is 6.07 Å². The van der Waals surface area contributed by atoms with Crippen LogP contribution >= 0.6 is 0 Å². The van der Waals surface area contributed by atoms with E-state index >= 15 is 0 Å². The predicted octanol–water partition coefficient (Wildman–Crippen LogP) is 1.98. The van der Waals surface area contributed by atoms with Crippen molar-refractivity contribution in [3.63, 3.8) is 0 Å². The molecule has 9 heteroatoms. The molecule has 1 amide bonds. The summed E-state index contributed by atoms with van der Waals surface area (Å²) in [6.45, 7) is 1.27. The quantitative estimate of drug-likeness (QED) is 0.464. The highest BCUT2D eigenvalue weighted by atomic mass is 16.6. The number of carbonyl (C=O) groups excluding carboxylic acids is 2. The lowest BCUT2D eigenvalue weighted by Crippen LogP contribution is -2.49. The Morgan fingerprint density at radius 2 is 2.12 bits per heavy atom. The third kappa shape index (κ3) is 3.54. The maximum Gasteiger partial charge on any atom is 0.366 e. The van der Waals surface area contributed by atoms with Gasteiger partial charge in [0.15, 0.2) is 12.4 Å². The molecular weight excluding hydrogens is 330 g/mol. The van der Waals surface area contributed by atoms with Crippen LogP contribution in [0.1, 0.15) is 39.0 Å². The van der Waals surface area contributed by atoms with Crippen LogP contribution in [0, 0.1) is 10.1 Å². The normalized spacial score (nSPS) is 18.9. The Morgan fingerprint density at radius 3 is 2.80 bits per heavy atom. The molecule has 2 aliphatic rings. The minimum atomic E-state index is -0.938. The second kappa shape index (κ2) is 7.04. The zero-order chi connectivity index (χ0) is 18.0. The van der Waals surface area contributed by atoms with Crippen LogP contribution in [0.3, 0.4) is 0 Å². The molecule has 134 valence electrons. The van der Waals surface area contributed by atoms with E-state index < -0.39 is 28.7 Å². The molecular formula is C16H19N3O6. The first-order valence-electron chi connectivity index (χ1n) is 8.28. The molecule has 1 aromatic rings. The average molecular weight is 349 g/mol. The second-order valence-corrected chi connectivity index (χ2v) is 6.17. The van der Waals surface area contributed by atoms with Gasteiger partial charge in [-0.1, -0.05) is 6.42 Å². The smallest absolute Gasteiger partial charge is 0.366 e. The molecule has 2 heterocycles. The van der Waals surface area contributed by atoms with Crippen molar-refractivity contribution < 1.29 is 24.0 Å². The Labute approximate surface area is 144 Å². The monoisotopic (exact) mass is 349 g/mol. The number of anilines is 1. The number of nitrogens with zero attached hydrogens (tertiary/aromatic N) is 3. The molecule has 1 fully saturated rings. The zero-order valence-electron chi connectivity index (χ0n) is 13.8. The van der Waals surface area contributed by atoms with Crippen LogP contribution in [0.25, 0.3) is 0 Å². The second-order valence-electron chi connectivity index (χ2n) is 6.17. The number of ether oxygens (including phenoxy) is 2. The summed E-state index contributed by atoms with van der Waals surface area (Å²) in [5, 5.41) is 10.9. The van der Waals surface area contributed by atoms with Crippen molar-refractivity contribution in [3.05, 3.63) is 22.2 Å². The van der Waals surface area contributed by atoms with Crippen molar-refractivity contribution in [2.75, 3.05) is 11.5 Å². The summed E-state index contributed by atoms with van der Waals surface area (Å²) in [6, 6.07) is 1.63. The lowest BCUT2D eigenvalue weighted by atomic mass is 9.98. The molecule has 1 atom stereocenters. The first-order valence-corrected chi connectivity index (χ1v) is 8.28. The summed E-state index contributed by atoms with van der Waals surface area (Å²) in [6.07, 6.45) is 4.65. The van der Waals surface area contributed by atoms with E-state index in [1.807, 2.05) is 0 Å². The van der Waals surface area contributed by atoms with Gasteiger partial charge in [0.25, 0.3) is 11.7 Å². The number of nitro groups is 1. The third-order valence-corrected chi connectivity index (χ3v) is 4.42. The van der Waals surface area contributed by atoms with Crippen LogP contribution in [-0.2, 0) is 14.3 Å². The van der Waals surface area contributed by atoms with E-state index in [2.05, 4.69) is 4.98 Å². The minimum Gasteiger partial charge on any atom is -0.477 e. The number of esters is 1. The first-order chi connectivity index (χ1) is 12.0. The van der Waals surface area contributed by atoms with Gasteiger partial charge in [0.1, 0.15) is 12.1 Å². The number of aromatic nitrogens is 1. The molecule has 0 spiro atoms. The Balaban J connectivity index is 1.82. The standard InChI is InChI=1S/C16H19N3O6/c1-10(16(21)25-11-5-3-2-4-6-11)18-14(20)9-24-12-7-8-13(19(22)23)17-15(12)18/h7-8,10-11H,2-6,9H2,1H3. The Bertz CT molecular complexity index is 701. The number of fused-ring (bicyclic) bond motifs is 1.